The molecule has 0 spiro atoms. The molecule has 0 saturated heterocycles. The maximum atomic E-state index is 11.7. The summed E-state index contributed by atoms with van der Waals surface area (Å²) in [6, 6.07) is 5.88. The number of amides is 1. The number of nitrogens with one attached hydrogen (secondary N) is 1. The fourth-order valence-corrected chi connectivity index (χ4v) is 3.46. The summed E-state index contributed by atoms with van der Waals surface area (Å²) in [6.07, 6.45) is 3.61. The average Bonchev–Trinajstić information content (AvgIpc) is 2.59. The molecule has 0 atom stereocenters. The quantitative estimate of drug-likeness (QED) is 0.908. The molecular weight excluding hydrogens is 302 g/mol. The Labute approximate surface area is 142 Å². The molecule has 128 valence electrons. The lowest BCUT2D eigenvalue weighted by Crippen LogP contribution is -2.33. The van der Waals surface area contributed by atoms with Crippen molar-refractivity contribution in [2.24, 2.45) is 5.92 Å². The number of pyridine rings is 1. The van der Waals surface area contributed by atoms with E-state index in [4.69, 9.17) is 10.5 Å². The summed E-state index contributed by atoms with van der Waals surface area (Å²) in [6.45, 7) is 3.96. The summed E-state index contributed by atoms with van der Waals surface area (Å²) in [5.74, 6) is 1.04. The first kappa shape index (κ1) is 16.6. The van der Waals surface area contributed by atoms with Crippen molar-refractivity contribution < 1.29 is 9.53 Å². The van der Waals surface area contributed by atoms with Crippen molar-refractivity contribution in [2.45, 2.75) is 45.6 Å². The molecule has 0 aliphatic heterocycles. The number of fused-ring (bicyclic) bond motifs is 1. The number of nitrogens with zero attached hydrogens (tertiary/aromatic N) is 1. The van der Waals surface area contributed by atoms with Crippen molar-refractivity contribution in [1.29, 1.82) is 0 Å². The van der Waals surface area contributed by atoms with Crippen LogP contribution in [0.4, 0.5) is 5.69 Å². The van der Waals surface area contributed by atoms with E-state index in [1.165, 1.54) is 0 Å². The van der Waals surface area contributed by atoms with Crippen molar-refractivity contribution in [3.8, 4) is 5.75 Å². The number of ether oxygens (including phenoxy) is 1. The maximum Gasteiger partial charge on any atom is 0.222 e. The van der Waals surface area contributed by atoms with Gasteiger partial charge in [0.05, 0.1) is 17.0 Å². The molecule has 1 amide bonds. The Morgan fingerprint density at radius 3 is 2.62 bits per heavy atom. The van der Waals surface area contributed by atoms with Crippen LogP contribution >= 0.6 is 0 Å². The molecule has 1 aromatic heterocycles. The fraction of sp³-hybridized carbons (Fsp3) is 0.474. The summed E-state index contributed by atoms with van der Waals surface area (Å²) in [4.78, 5) is 16.4. The SMILES string of the molecule is CNC(=O)C1CCC(Oc2cccc3nc(C)c(C)c(N)c23)CC1. The van der Waals surface area contributed by atoms with E-state index >= 15 is 0 Å². The molecule has 1 heterocycles. The van der Waals surface area contributed by atoms with Crippen LogP contribution in [-0.2, 0) is 4.79 Å². The summed E-state index contributed by atoms with van der Waals surface area (Å²) in [5, 5.41) is 3.64. The third-order valence-electron chi connectivity index (χ3n) is 5.09. The van der Waals surface area contributed by atoms with Gasteiger partial charge in [0.15, 0.2) is 0 Å². The topological polar surface area (TPSA) is 77.2 Å². The number of aryl methyl sites for hydroxylation is 1. The molecule has 3 rings (SSSR count). The number of carbonyl (C=O) groups is 1. The van der Waals surface area contributed by atoms with Gasteiger partial charge < -0.3 is 15.8 Å². The number of carbonyl (C=O) groups excluding carboxylic acids is 1. The summed E-state index contributed by atoms with van der Waals surface area (Å²) >= 11 is 0. The highest BCUT2D eigenvalue weighted by Crippen LogP contribution is 2.35. The first-order valence-corrected chi connectivity index (χ1v) is 8.55. The molecule has 2 aromatic rings. The third kappa shape index (κ3) is 3.03. The maximum absolute atomic E-state index is 11.7. The van der Waals surface area contributed by atoms with Crippen LogP contribution in [0, 0.1) is 19.8 Å². The van der Waals surface area contributed by atoms with Crippen molar-refractivity contribution >= 4 is 22.5 Å². The molecule has 1 saturated carbocycles. The number of hydrogen-bond donors (Lipinski definition) is 2. The second kappa shape index (κ2) is 6.67. The highest BCUT2D eigenvalue weighted by Gasteiger charge is 2.27. The van der Waals surface area contributed by atoms with Gasteiger partial charge in [-0.25, -0.2) is 0 Å². The van der Waals surface area contributed by atoms with Crippen molar-refractivity contribution in [2.75, 3.05) is 12.8 Å². The van der Waals surface area contributed by atoms with Gasteiger partial charge in [-0.05, 0) is 57.2 Å². The summed E-state index contributed by atoms with van der Waals surface area (Å²) < 4.78 is 6.25. The number of nitrogen functional groups attached to an aromatic ring is 1. The Kier molecular flexibility index (Phi) is 4.60. The van der Waals surface area contributed by atoms with Gasteiger partial charge in [-0.2, -0.15) is 0 Å². The van der Waals surface area contributed by atoms with Crippen LogP contribution < -0.4 is 15.8 Å². The standard InChI is InChI=1S/C19H25N3O2/c1-11-12(2)22-15-5-4-6-16(17(15)18(11)20)24-14-9-7-13(8-10-14)19(23)21-3/h4-6,13-14H,7-10H2,1-3H3,(H2,20,22)(H,21,23). The highest BCUT2D eigenvalue weighted by atomic mass is 16.5. The summed E-state index contributed by atoms with van der Waals surface area (Å²) in [7, 11) is 1.70. The van der Waals surface area contributed by atoms with Gasteiger partial charge in [0.1, 0.15) is 5.75 Å². The van der Waals surface area contributed by atoms with Gasteiger partial charge in [0.2, 0.25) is 5.91 Å². The van der Waals surface area contributed by atoms with Crippen LogP contribution in [0.2, 0.25) is 0 Å². The van der Waals surface area contributed by atoms with Crippen molar-refractivity contribution in [1.82, 2.24) is 10.3 Å². The second-order valence-electron chi connectivity index (χ2n) is 6.59. The molecule has 0 radical (unpaired) electrons. The zero-order valence-electron chi connectivity index (χ0n) is 14.6. The molecule has 5 nitrogen and oxygen atoms in total. The lowest BCUT2D eigenvalue weighted by molar-refractivity contribution is -0.125. The van der Waals surface area contributed by atoms with Crippen molar-refractivity contribution in [3.63, 3.8) is 0 Å². The van der Waals surface area contributed by atoms with Gasteiger partial charge in [0, 0.05) is 24.3 Å². The predicted octanol–water partition coefficient (Wildman–Crippen LogP) is 3.12. The molecule has 24 heavy (non-hydrogen) atoms. The minimum absolute atomic E-state index is 0.110. The Bertz CT molecular complexity index is 765. The van der Waals surface area contributed by atoms with Crippen LogP contribution in [-0.4, -0.2) is 24.0 Å². The van der Waals surface area contributed by atoms with Gasteiger partial charge in [-0.1, -0.05) is 6.07 Å². The zero-order valence-corrected chi connectivity index (χ0v) is 14.6. The molecule has 0 bridgehead atoms. The van der Waals surface area contributed by atoms with E-state index in [1.807, 2.05) is 32.0 Å². The zero-order chi connectivity index (χ0) is 17.3. The van der Waals surface area contributed by atoms with E-state index in [1.54, 1.807) is 7.05 Å². The molecule has 1 aromatic carbocycles. The lowest BCUT2D eigenvalue weighted by atomic mass is 9.87. The second-order valence-corrected chi connectivity index (χ2v) is 6.59. The Morgan fingerprint density at radius 1 is 1.25 bits per heavy atom. The summed E-state index contributed by atoms with van der Waals surface area (Å²) in [5.41, 5.74) is 9.89. The molecule has 3 N–H and O–H groups in total. The predicted molar refractivity (Wildman–Crippen MR) is 96.1 cm³/mol. The first-order chi connectivity index (χ1) is 11.5. The first-order valence-electron chi connectivity index (χ1n) is 8.55. The van der Waals surface area contributed by atoms with Gasteiger partial charge >= 0.3 is 0 Å². The van der Waals surface area contributed by atoms with Crippen LogP contribution in [0.25, 0.3) is 10.9 Å². The average molecular weight is 327 g/mol. The number of nitrogens with two attached hydrogens (primary N) is 1. The largest absolute Gasteiger partial charge is 0.490 e. The molecule has 1 aliphatic rings. The molecule has 0 unspecified atom stereocenters. The van der Waals surface area contributed by atoms with E-state index in [0.29, 0.717) is 0 Å². The highest BCUT2D eigenvalue weighted by molar-refractivity contribution is 5.97. The van der Waals surface area contributed by atoms with Crippen LogP contribution in [0.1, 0.15) is 36.9 Å². The van der Waals surface area contributed by atoms with E-state index in [2.05, 4.69) is 10.3 Å². The Balaban J connectivity index is 1.82. The molecule has 5 heteroatoms. The fourth-order valence-electron chi connectivity index (χ4n) is 3.46. The smallest absolute Gasteiger partial charge is 0.222 e. The van der Waals surface area contributed by atoms with Crippen molar-refractivity contribution in [3.05, 3.63) is 29.5 Å². The minimum atomic E-state index is 0.110. The normalized spacial score (nSPS) is 20.8. The van der Waals surface area contributed by atoms with E-state index < -0.39 is 0 Å². The Hall–Kier alpha value is -2.30. The molecule has 1 aliphatic carbocycles. The van der Waals surface area contributed by atoms with E-state index in [-0.39, 0.29) is 17.9 Å². The molecule has 1 fully saturated rings. The van der Waals surface area contributed by atoms with Crippen LogP contribution in [0.5, 0.6) is 5.75 Å². The number of rotatable bonds is 3. The number of hydrogen-bond acceptors (Lipinski definition) is 4. The third-order valence-corrected chi connectivity index (χ3v) is 5.09. The Morgan fingerprint density at radius 2 is 1.96 bits per heavy atom. The van der Waals surface area contributed by atoms with Crippen LogP contribution in [0.15, 0.2) is 18.2 Å². The van der Waals surface area contributed by atoms with E-state index in [9.17, 15) is 4.79 Å². The monoisotopic (exact) mass is 327 g/mol. The number of benzene rings is 1. The van der Waals surface area contributed by atoms with Gasteiger partial charge in [-0.15, -0.1) is 0 Å². The molecular formula is C19H25N3O2. The number of aromatic nitrogens is 1. The van der Waals surface area contributed by atoms with Crippen LogP contribution in [0.3, 0.4) is 0 Å². The number of anilines is 1. The van der Waals surface area contributed by atoms with Gasteiger partial charge in [-0.3, -0.25) is 9.78 Å². The van der Waals surface area contributed by atoms with Gasteiger partial charge in [0.25, 0.3) is 0 Å². The lowest BCUT2D eigenvalue weighted by Gasteiger charge is -2.28. The van der Waals surface area contributed by atoms with E-state index in [0.717, 1.165) is 59.3 Å². The minimum Gasteiger partial charge on any atom is -0.490 e.